The summed E-state index contributed by atoms with van der Waals surface area (Å²) in [7, 11) is -3.93. The zero-order chi connectivity index (χ0) is 23.1. The quantitative estimate of drug-likeness (QED) is 0.415. The molecule has 11 nitrogen and oxygen atoms in total. The van der Waals surface area contributed by atoms with Crippen molar-refractivity contribution in [3.63, 3.8) is 0 Å². The minimum Gasteiger partial charge on any atom is -0.438 e. The van der Waals surface area contributed by atoms with Gasteiger partial charge >= 0.3 is 0 Å². The highest BCUT2D eigenvalue weighted by Gasteiger charge is 2.26. The Morgan fingerprint density at radius 3 is 2.66 bits per heavy atom. The summed E-state index contributed by atoms with van der Waals surface area (Å²) in [5, 5.41) is 6.82. The van der Waals surface area contributed by atoms with Gasteiger partial charge < -0.3 is 14.7 Å². The maximum absolute atomic E-state index is 12.8. The molecule has 1 aromatic carbocycles. The van der Waals surface area contributed by atoms with Crippen molar-refractivity contribution in [1.82, 2.24) is 24.5 Å². The van der Waals surface area contributed by atoms with Gasteiger partial charge in [-0.05, 0) is 45.0 Å². The van der Waals surface area contributed by atoms with Crippen molar-refractivity contribution in [1.29, 1.82) is 0 Å². The number of nitrogens with one attached hydrogen (secondary N) is 3. The molecule has 0 atom stereocenters. The van der Waals surface area contributed by atoms with Gasteiger partial charge in [0.1, 0.15) is 5.39 Å². The van der Waals surface area contributed by atoms with Gasteiger partial charge in [0, 0.05) is 5.54 Å². The van der Waals surface area contributed by atoms with Crippen molar-refractivity contribution in [2.45, 2.75) is 31.4 Å². The van der Waals surface area contributed by atoms with E-state index < -0.39 is 21.5 Å². The molecule has 0 radical (unpaired) electrons. The largest absolute Gasteiger partial charge is 0.438 e. The number of hydrogen-bond donors (Lipinski definition) is 3. The Morgan fingerprint density at radius 2 is 1.91 bits per heavy atom. The third-order valence-corrected chi connectivity index (χ3v) is 5.89. The Morgan fingerprint density at radius 1 is 1.16 bits per heavy atom. The molecule has 0 fully saturated rings. The average molecular weight is 456 g/mol. The zero-order valence-corrected chi connectivity index (χ0v) is 18.2. The number of furan rings is 1. The molecule has 4 aromatic rings. The molecule has 0 saturated heterocycles. The molecule has 1 amide bonds. The van der Waals surface area contributed by atoms with E-state index in [1.54, 1.807) is 45.0 Å². The number of amides is 1. The highest BCUT2D eigenvalue weighted by Crippen LogP contribution is 2.24. The molecule has 3 aromatic heterocycles. The number of anilines is 1. The molecule has 0 bridgehead atoms. The molecule has 0 aliphatic carbocycles. The van der Waals surface area contributed by atoms with Crippen molar-refractivity contribution in [2.24, 2.45) is 0 Å². The van der Waals surface area contributed by atoms with E-state index in [4.69, 9.17) is 4.42 Å². The number of aromatic amines is 1. The topological polar surface area (TPSA) is 152 Å². The van der Waals surface area contributed by atoms with Crippen molar-refractivity contribution in [2.75, 3.05) is 5.32 Å². The molecule has 3 heterocycles. The third-order valence-electron chi connectivity index (χ3n) is 4.26. The smallest absolute Gasteiger partial charge is 0.291 e. The minimum atomic E-state index is -3.93. The first kappa shape index (κ1) is 21.5. The molecule has 3 N–H and O–H groups in total. The van der Waals surface area contributed by atoms with Crippen LogP contribution in [0.15, 0.2) is 63.2 Å². The molecule has 0 aliphatic rings. The van der Waals surface area contributed by atoms with Crippen molar-refractivity contribution < 1.29 is 17.6 Å². The fourth-order valence-electron chi connectivity index (χ4n) is 3.02. The number of rotatable bonds is 5. The fraction of sp³-hybridized carbons (Fsp3) is 0.200. The first-order valence-corrected chi connectivity index (χ1v) is 11.0. The lowest BCUT2D eigenvalue weighted by atomic mass is 10.1. The van der Waals surface area contributed by atoms with Gasteiger partial charge in [-0.2, -0.15) is 5.10 Å². The monoisotopic (exact) mass is 456 g/mol. The van der Waals surface area contributed by atoms with Gasteiger partial charge in [0.15, 0.2) is 11.4 Å². The van der Waals surface area contributed by atoms with E-state index in [1.807, 2.05) is 0 Å². The second-order valence-electron chi connectivity index (χ2n) is 7.97. The summed E-state index contributed by atoms with van der Waals surface area (Å²) in [4.78, 5) is 31.4. The van der Waals surface area contributed by atoms with E-state index >= 15 is 0 Å². The summed E-state index contributed by atoms with van der Waals surface area (Å²) < 4.78 is 34.0. The van der Waals surface area contributed by atoms with Crippen LogP contribution in [0.3, 0.4) is 0 Å². The predicted molar refractivity (Wildman–Crippen MR) is 116 cm³/mol. The van der Waals surface area contributed by atoms with E-state index in [0.29, 0.717) is 22.4 Å². The Hall–Kier alpha value is -3.77. The van der Waals surface area contributed by atoms with Crippen molar-refractivity contribution >= 4 is 32.7 Å². The number of para-hydroxylation sites is 2. The molecule has 0 aliphatic heterocycles. The van der Waals surface area contributed by atoms with Crippen LogP contribution >= 0.6 is 0 Å². The normalized spacial score (nSPS) is 12.2. The fourth-order valence-corrected chi connectivity index (χ4v) is 4.37. The van der Waals surface area contributed by atoms with Gasteiger partial charge in [0.05, 0.1) is 23.9 Å². The number of carbonyl (C=O) groups excluding carboxylic acids is 1. The lowest BCUT2D eigenvalue weighted by Crippen LogP contribution is -2.40. The van der Waals surface area contributed by atoms with E-state index in [9.17, 15) is 18.0 Å². The minimum absolute atomic E-state index is 0.186. The summed E-state index contributed by atoms with van der Waals surface area (Å²) in [6.45, 7) is 5.08. The summed E-state index contributed by atoms with van der Waals surface area (Å²) in [6, 6.07) is 9.26. The maximum Gasteiger partial charge on any atom is 0.291 e. The number of benzene rings is 1. The maximum atomic E-state index is 12.8. The van der Waals surface area contributed by atoms with E-state index in [-0.39, 0.29) is 16.4 Å². The van der Waals surface area contributed by atoms with Gasteiger partial charge in [0.25, 0.3) is 21.5 Å². The SMILES string of the molecule is CC(C)(C)NS(=O)(=O)c1ccc(C(=O)Nc2ccccc2-n2ncc3c(=O)[nH]cnc32)o1. The number of nitrogens with zero attached hydrogens (tertiary/aromatic N) is 3. The van der Waals surface area contributed by atoms with Crippen LogP contribution in [0.5, 0.6) is 0 Å². The van der Waals surface area contributed by atoms with E-state index in [0.717, 1.165) is 0 Å². The first-order chi connectivity index (χ1) is 15.0. The van der Waals surface area contributed by atoms with Crippen molar-refractivity contribution in [3.8, 4) is 5.69 Å². The molecule has 0 unspecified atom stereocenters. The second-order valence-corrected chi connectivity index (χ2v) is 9.58. The number of aromatic nitrogens is 4. The molecule has 32 heavy (non-hydrogen) atoms. The molecule has 0 saturated carbocycles. The molecule has 4 rings (SSSR count). The Bertz CT molecular complexity index is 1480. The van der Waals surface area contributed by atoms with Gasteiger partial charge in [0.2, 0.25) is 5.09 Å². The van der Waals surface area contributed by atoms with Crippen LogP contribution in [0.1, 0.15) is 31.3 Å². The third kappa shape index (κ3) is 4.18. The van der Waals surface area contributed by atoms with Gasteiger partial charge in [-0.15, -0.1) is 0 Å². The summed E-state index contributed by atoms with van der Waals surface area (Å²) in [5.74, 6) is -0.842. The highest BCUT2D eigenvalue weighted by atomic mass is 32.2. The van der Waals surface area contributed by atoms with Crippen LogP contribution in [-0.2, 0) is 10.0 Å². The molecule has 166 valence electrons. The average Bonchev–Trinajstić information content (AvgIpc) is 3.35. The summed E-state index contributed by atoms with van der Waals surface area (Å²) in [6.07, 6.45) is 2.64. The van der Waals surface area contributed by atoms with Crippen LogP contribution in [0.25, 0.3) is 16.7 Å². The zero-order valence-electron chi connectivity index (χ0n) is 17.4. The van der Waals surface area contributed by atoms with E-state index in [2.05, 4.69) is 25.1 Å². The van der Waals surface area contributed by atoms with Crippen LogP contribution < -0.4 is 15.6 Å². The van der Waals surface area contributed by atoms with Gasteiger partial charge in [-0.1, -0.05) is 12.1 Å². The number of sulfonamides is 1. The summed E-state index contributed by atoms with van der Waals surface area (Å²) >= 11 is 0. The predicted octanol–water partition coefficient (Wildman–Crippen LogP) is 2.03. The summed E-state index contributed by atoms with van der Waals surface area (Å²) in [5.41, 5.74) is 0.0851. The Kier molecular flexibility index (Phi) is 5.18. The highest BCUT2D eigenvalue weighted by molar-refractivity contribution is 7.89. The molecular formula is C20H20N6O5S. The first-order valence-electron chi connectivity index (χ1n) is 9.51. The number of H-pyrrole nitrogens is 1. The van der Waals surface area contributed by atoms with Crippen molar-refractivity contribution in [3.05, 3.63) is 65.0 Å². The Balaban J connectivity index is 1.64. The number of carbonyl (C=O) groups is 1. The van der Waals surface area contributed by atoms with Crippen LogP contribution in [0, 0.1) is 0 Å². The number of fused-ring (bicyclic) bond motifs is 1. The molecular weight excluding hydrogens is 436 g/mol. The second kappa shape index (κ2) is 7.73. The standard InChI is InChI=1S/C20H20N6O5S/c1-20(2,3)25-32(29,30)16-9-8-15(31-16)19(28)24-13-6-4-5-7-14(13)26-17-12(10-23-26)18(27)22-11-21-17/h4-11,25H,1-3H3,(H,24,28)(H,21,22,27). The number of hydrogen-bond acceptors (Lipinski definition) is 7. The van der Waals surface area contributed by atoms with Crippen LogP contribution in [-0.4, -0.2) is 39.6 Å². The van der Waals surface area contributed by atoms with Gasteiger partial charge in [-0.3, -0.25) is 9.59 Å². The lowest BCUT2D eigenvalue weighted by Gasteiger charge is -2.18. The molecule has 0 spiro atoms. The molecule has 12 heteroatoms. The Labute approximate surface area is 182 Å². The van der Waals surface area contributed by atoms with Crippen LogP contribution in [0.4, 0.5) is 5.69 Å². The van der Waals surface area contributed by atoms with E-state index in [1.165, 1.54) is 29.3 Å². The van der Waals surface area contributed by atoms with Gasteiger partial charge in [-0.25, -0.2) is 22.8 Å². The lowest BCUT2D eigenvalue weighted by molar-refractivity contribution is 0.0991. The van der Waals surface area contributed by atoms with Crippen LogP contribution in [0.2, 0.25) is 0 Å².